The molecule has 1 saturated carbocycles. The highest BCUT2D eigenvalue weighted by Gasteiger charge is 2.38. The summed E-state index contributed by atoms with van der Waals surface area (Å²) in [4.78, 5) is 16.1. The van der Waals surface area contributed by atoms with Gasteiger partial charge in [-0.2, -0.15) is 0 Å². The van der Waals surface area contributed by atoms with Crippen LogP contribution in [0.2, 0.25) is 0 Å². The molecular formula is C24H38N2OS. The fraction of sp³-hybridized carbons (Fsp3) is 0.708. The van der Waals surface area contributed by atoms with E-state index in [1.807, 2.05) is 11.0 Å². The van der Waals surface area contributed by atoms with Crippen LogP contribution in [0.25, 0.3) is 0 Å². The maximum atomic E-state index is 12.9. The molecule has 0 bridgehead atoms. The summed E-state index contributed by atoms with van der Waals surface area (Å²) in [7, 11) is 0. The van der Waals surface area contributed by atoms with Crippen LogP contribution in [0.4, 0.5) is 0 Å². The van der Waals surface area contributed by atoms with Crippen molar-refractivity contribution in [3.63, 3.8) is 0 Å². The van der Waals surface area contributed by atoms with Gasteiger partial charge < -0.3 is 10.2 Å². The number of likely N-dealkylation sites (N-methyl/N-ethyl adjacent to an activating group) is 1. The third-order valence-electron chi connectivity index (χ3n) is 6.89. The number of carbonyl (C=O) groups excluding carboxylic acids is 1. The molecule has 1 aliphatic heterocycles. The van der Waals surface area contributed by atoms with Crippen molar-refractivity contribution in [1.82, 2.24) is 10.2 Å². The molecule has 1 amide bonds. The van der Waals surface area contributed by atoms with E-state index in [1.165, 1.54) is 69.1 Å². The number of hydrogen-bond acceptors (Lipinski definition) is 3. The van der Waals surface area contributed by atoms with Crippen molar-refractivity contribution in [1.29, 1.82) is 0 Å². The Morgan fingerprint density at radius 2 is 1.89 bits per heavy atom. The van der Waals surface area contributed by atoms with Gasteiger partial charge in [-0.05, 0) is 61.6 Å². The Hall–Kier alpha value is -1.13. The molecule has 0 radical (unpaired) electrons. The van der Waals surface area contributed by atoms with E-state index < -0.39 is 0 Å². The minimum Gasteiger partial charge on any atom is -0.334 e. The molecule has 1 unspecified atom stereocenters. The van der Waals surface area contributed by atoms with E-state index >= 15 is 0 Å². The van der Waals surface area contributed by atoms with E-state index in [0.717, 1.165) is 26.2 Å². The Balaban J connectivity index is 1.66. The number of rotatable bonds is 5. The average molecular weight is 403 g/mol. The maximum Gasteiger partial charge on any atom is 0.246 e. The number of carbonyl (C=O) groups is 1. The van der Waals surface area contributed by atoms with Gasteiger partial charge in [0.1, 0.15) is 0 Å². The maximum absolute atomic E-state index is 12.9. The van der Waals surface area contributed by atoms with E-state index in [1.54, 1.807) is 11.3 Å². The first-order valence-electron chi connectivity index (χ1n) is 11.4. The zero-order chi connectivity index (χ0) is 19.7. The first-order valence-corrected chi connectivity index (χ1v) is 12.3. The quantitative estimate of drug-likeness (QED) is 0.634. The summed E-state index contributed by atoms with van der Waals surface area (Å²) in [6, 6.07) is 4.18. The van der Waals surface area contributed by atoms with Crippen LogP contribution in [0.15, 0.2) is 29.7 Å². The van der Waals surface area contributed by atoms with Gasteiger partial charge in [0.15, 0.2) is 0 Å². The van der Waals surface area contributed by atoms with Crippen LogP contribution in [0, 0.1) is 11.3 Å². The first kappa shape index (κ1) is 21.6. The molecule has 1 spiro atoms. The van der Waals surface area contributed by atoms with Crippen LogP contribution in [0.5, 0.6) is 0 Å². The topological polar surface area (TPSA) is 32.3 Å². The fourth-order valence-corrected chi connectivity index (χ4v) is 5.81. The van der Waals surface area contributed by atoms with Crippen LogP contribution in [0.3, 0.4) is 0 Å². The first-order chi connectivity index (χ1) is 13.7. The predicted octanol–water partition coefficient (Wildman–Crippen LogP) is 5.77. The number of nitrogens with zero attached hydrogens (tertiary/aromatic N) is 1. The Morgan fingerprint density at radius 3 is 2.54 bits per heavy atom. The third-order valence-corrected chi connectivity index (χ3v) is 7.75. The molecular weight excluding hydrogens is 364 g/mol. The molecule has 2 aliphatic rings. The van der Waals surface area contributed by atoms with Gasteiger partial charge in [-0.15, -0.1) is 11.3 Å². The minimum atomic E-state index is 0.163. The lowest BCUT2D eigenvalue weighted by Gasteiger charge is -2.44. The summed E-state index contributed by atoms with van der Waals surface area (Å²) < 4.78 is 0. The van der Waals surface area contributed by atoms with Gasteiger partial charge >= 0.3 is 0 Å². The molecule has 4 heteroatoms. The SMILES string of the molecule is CCN(Cc1cccs1)C(=O)/C=C/C1CNCCC12CCCCCCCCC2. The van der Waals surface area contributed by atoms with Crippen molar-refractivity contribution in [3.8, 4) is 0 Å². The molecule has 28 heavy (non-hydrogen) atoms. The Bertz CT molecular complexity index is 600. The normalized spacial score (nSPS) is 23.7. The molecule has 1 aromatic rings. The molecule has 156 valence electrons. The molecule has 3 nitrogen and oxygen atoms in total. The van der Waals surface area contributed by atoms with Crippen LogP contribution < -0.4 is 5.32 Å². The van der Waals surface area contributed by atoms with Crippen molar-refractivity contribution in [2.45, 2.75) is 77.7 Å². The van der Waals surface area contributed by atoms with E-state index in [2.05, 4.69) is 35.8 Å². The number of amides is 1. The molecule has 1 aliphatic carbocycles. The number of piperidine rings is 1. The van der Waals surface area contributed by atoms with Crippen LogP contribution >= 0.6 is 11.3 Å². The van der Waals surface area contributed by atoms with Gasteiger partial charge in [-0.25, -0.2) is 0 Å². The summed E-state index contributed by atoms with van der Waals surface area (Å²) in [6.07, 6.45) is 17.8. The molecule has 0 aromatic carbocycles. The fourth-order valence-electron chi connectivity index (χ4n) is 5.09. The van der Waals surface area contributed by atoms with Gasteiger partial charge in [0.05, 0.1) is 6.54 Å². The Morgan fingerprint density at radius 1 is 1.18 bits per heavy atom. The number of hydrogen-bond donors (Lipinski definition) is 1. The lowest BCUT2D eigenvalue weighted by Crippen LogP contribution is -2.44. The standard InChI is InChI=1S/C24H38N2OS/c1-2-26(20-22-11-10-18-28-22)23(27)13-12-21-19-25-17-16-24(21)14-8-6-4-3-5-7-9-15-24/h10-13,18,21,25H,2-9,14-17,19-20H2,1H3/b13-12+. The molecule has 1 atom stereocenters. The summed E-state index contributed by atoms with van der Waals surface area (Å²) in [5, 5.41) is 5.68. The summed E-state index contributed by atoms with van der Waals surface area (Å²) in [5.74, 6) is 0.654. The zero-order valence-electron chi connectivity index (χ0n) is 17.6. The van der Waals surface area contributed by atoms with E-state index in [9.17, 15) is 4.79 Å². The van der Waals surface area contributed by atoms with Gasteiger partial charge in [0, 0.05) is 18.0 Å². The van der Waals surface area contributed by atoms with Crippen LogP contribution in [-0.4, -0.2) is 30.4 Å². The summed E-state index contributed by atoms with van der Waals surface area (Å²) >= 11 is 1.73. The molecule has 2 fully saturated rings. The average Bonchev–Trinajstić information content (AvgIpc) is 3.23. The van der Waals surface area contributed by atoms with Crippen molar-refractivity contribution in [3.05, 3.63) is 34.5 Å². The summed E-state index contributed by atoms with van der Waals surface area (Å²) in [5.41, 5.74) is 0.407. The van der Waals surface area contributed by atoms with Crippen LogP contribution in [0.1, 0.15) is 76.0 Å². The van der Waals surface area contributed by atoms with Gasteiger partial charge in [-0.3, -0.25) is 4.79 Å². The molecule has 1 aromatic heterocycles. The van der Waals surface area contributed by atoms with Crippen LogP contribution in [-0.2, 0) is 11.3 Å². The van der Waals surface area contributed by atoms with E-state index in [4.69, 9.17) is 0 Å². The third kappa shape index (κ3) is 5.93. The number of nitrogens with one attached hydrogen (secondary N) is 1. The Kier molecular flexibility index (Phi) is 8.60. The largest absolute Gasteiger partial charge is 0.334 e. The van der Waals surface area contributed by atoms with Crippen molar-refractivity contribution in [2.75, 3.05) is 19.6 Å². The highest BCUT2D eigenvalue weighted by atomic mass is 32.1. The Labute approximate surface area is 175 Å². The van der Waals surface area contributed by atoms with Gasteiger partial charge in [0.25, 0.3) is 0 Å². The number of thiophene rings is 1. The second kappa shape index (κ2) is 11.2. The van der Waals surface area contributed by atoms with E-state index in [0.29, 0.717) is 11.3 Å². The summed E-state index contributed by atoms with van der Waals surface area (Å²) in [6.45, 7) is 5.73. The second-order valence-corrected chi connectivity index (χ2v) is 9.72. The second-order valence-electron chi connectivity index (χ2n) is 8.69. The van der Waals surface area contributed by atoms with Crippen molar-refractivity contribution in [2.24, 2.45) is 11.3 Å². The molecule has 1 saturated heterocycles. The smallest absolute Gasteiger partial charge is 0.246 e. The molecule has 1 N–H and O–H groups in total. The molecule has 3 rings (SSSR count). The monoisotopic (exact) mass is 402 g/mol. The highest BCUT2D eigenvalue weighted by Crippen LogP contribution is 2.45. The zero-order valence-corrected chi connectivity index (χ0v) is 18.4. The predicted molar refractivity (Wildman–Crippen MR) is 120 cm³/mol. The van der Waals surface area contributed by atoms with Gasteiger partial charge in [0.2, 0.25) is 5.91 Å². The van der Waals surface area contributed by atoms with E-state index in [-0.39, 0.29) is 5.91 Å². The lowest BCUT2D eigenvalue weighted by atomic mass is 9.64. The highest BCUT2D eigenvalue weighted by molar-refractivity contribution is 7.09. The van der Waals surface area contributed by atoms with Gasteiger partial charge in [-0.1, -0.05) is 57.1 Å². The van der Waals surface area contributed by atoms with Crippen molar-refractivity contribution >= 4 is 17.2 Å². The minimum absolute atomic E-state index is 0.163. The molecule has 2 heterocycles. The lowest BCUT2D eigenvalue weighted by molar-refractivity contribution is -0.126. The van der Waals surface area contributed by atoms with Crippen molar-refractivity contribution < 1.29 is 4.79 Å².